The molecule has 36 heavy (non-hydrogen) atoms. The van der Waals surface area contributed by atoms with Gasteiger partial charge in [-0.05, 0) is 79.4 Å². The molecule has 1 heterocycles. The summed E-state index contributed by atoms with van der Waals surface area (Å²) >= 11 is 0. The zero-order chi connectivity index (χ0) is 26.2. The summed E-state index contributed by atoms with van der Waals surface area (Å²) < 4.78 is 6.79. The van der Waals surface area contributed by atoms with Crippen molar-refractivity contribution in [2.75, 3.05) is 13.2 Å². The maximum atomic E-state index is 13.7. The molecule has 0 aromatic carbocycles. The smallest absolute Gasteiger partial charge is 0.313 e. The highest BCUT2D eigenvalue weighted by Crippen LogP contribution is 2.79. The Hall–Kier alpha value is -0.950. The zero-order valence-corrected chi connectivity index (χ0v) is 22.7. The van der Waals surface area contributed by atoms with E-state index in [0.29, 0.717) is 19.4 Å². The molecule has 6 rings (SSSR count). The largest absolute Gasteiger partial charge is 0.481 e. The lowest BCUT2D eigenvalue weighted by atomic mass is 9.31. The molecule has 2 bridgehead atoms. The number of carboxylic acid groups (broad SMARTS) is 1. The van der Waals surface area contributed by atoms with Gasteiger partial charge in [0.1, 0.15) is 11.0 Å². The van der Waals surface area contributed by atoms with Crippen LogP contribution in [-0.4, -0.2) is 57.4 Å². The molecule has 4 saturated carbocycles. The van der Waals surface area contributed by atoms with Crippen LogP contribution < -0.4 is 0 Å². The van der Waals surface area contributed by atoms with E-state index in [1.165, 1.54) is 0 Å². The van der Waals surface area contributed by atoms with Gasteiger partial charge in [0.15, 0.2) is 0 Å². The zero-order valence-electron chi connectivity index (χ0n) is 22.7. The molecule has 0 amide bonds. The summed E-state index contributed by atoms with van der Waals surface area (Å²) in [6, 6.07) is 0. The molecule has 5 aliphatic carbocycles. The number of fused-ring (bicyclic) bond motifs is 4. The lowest BCUT2D eigenvalue weighted by Crippen LogP contribution is -2.75. The molecule has 202 valence electrons. The lowest BCUT2D eigenvalue weighted by molar-refractivity contribution is -0.265. The monoisotopic (exact) mass is 502 g/mol. The van der Waals surface area contributed by atoms with Crippen LogP contribution in [0.2, 0.25) is 0 Å². The van der Waals surface area contributed by atoms with Gasteiger partial charge in [-0.25, -0.2) is 0 Å². The van der Waals surface area contributed by atoms with Gasteiger partial charge >= 0.3 is 5.97 Å². The van der Waals surface area contributed by atoms with E-state index in [1.54, 1.807) is 0 Å². The number of allylic oxidation sites excluding steroid dienone is 1. The van der Waals surface area contributed by atoms with Crippen molar-refractivity contribution in [1.29, 1.82) is 0 Å². The number of ether oxygens (including phenoxy) is 1. The summed E-state index contributed by atoms with van der Waals surface area (Å²) in [7, 11) is 0. The van der Waals surface area contributed by atoms with Gasteiger partial charge in [0, 0.05) is 16.7 Å². The van der Waals surface area contributed by atoms with Gasteiger partial charge in [-0.2, -0.15) is 0 Å². The van der Waals surface area contributed by atoms with E-state index < -0.39 is 40.0 Å². The highest BCUT2D eigenvalue weighted by molar-refractivity contribution is 5.80. The summed E-state index contributed by atoms with van der Waals surface area (Å²) in [6.07, 6.45) is 9.01. The van der Waals surface area contributed by atoms with Crippen LogP contribution in [0.3, 0.4) is 0 Å². The van der Waals surface area contributed by atoms with Crippen LogP contribution >= 0.6 is 0 Å². The van der Waals surface area contributed by atoms with E-state index in [9.17, 15) is 25.2 Å². The third kappa shape index (κ3) is 2.52. The SMILES string of the molecule is CC1(C)CC[C@]23CO[C@@]4(C=C[C@@H]5[C@@]6(C)CC[C@H](O)[C@@](C)(CO)[C@@H]6CC[C@@]5(C)[C@]4(C(=O)O)C[C@@H]2O)[C@@H]3C1. The van der Waals surface area contributed by atoms with E-state index in [1.807, 2.05) is 6.92 Å². The Morgan fingerprint density at radius 2 is 1.67 bits per heavy atom. The first-order valence-corrected chi connectivity index (χ1v) is 14.2. The van der Waals surface area contributed by atoms with E-state index in [0.717, 1.165) is 32.1 Å². The van der Waals surface area contributed by atoms with Gasteiger partial charge < -0.3 is 25.2 Å². The lowest BCUT2D eigenvalue weighted by Gasteiger charge is -2.72. The van der Waals surface area contributed by atoms with Crippen LogP contribution in [0.1, 0.15) is 86.0 Å². The second-order valence-corrected chi connectivity index (χ2v) is 15.2. The van der Waals surface area contributed by atoms with Gasteiger partial charge in [-0.1, -0.05) is 46.8 Å². The first-order chi connectivity index (χ1) is 16.7. The fraction of sp³-hybridized carbons (Fsp3) is 0.900. The fourth-order valence-electron chi connectivity index (χ4n) is 11.4. The van der Waals surface area contributed by atoms with Gasteiger partial charge in [-0.15, -0.1) is 0 Å². The van der Waals surface area contributed by atoms with Crippen molar-refractivity contribution >= 4 is 5.97 Å². The molecule has 1 spiro atoms. The van der Waals surface area contributed by atoms with Crippen LogP contribution in [0.15, 0.2) is 12.2 Å². The van der Waals surface area contributed by atoms with Crippen molar-refractivity contribution in [3.05, 3.63) is 12.2 Å². The van der Waals surface area contributed by atoms with Crippen LogP contribution in [0.4, 0.5) is 0 Å². The molecule has 6 heteroatoms. The second-order valence-electron chi connectivity index (χ2n) is 15.2. The van der Waals surface area contributed by atoms with Gasteiger partial charge in [0.25, 0.3) is 0 Å². The maximum Gasteiger partial charge on any atom is 0.313 e. The van der Waals surface area contributed by atoms with E-state index in [-0.39, 0.29) is 47.0 Å². The summed E-state index contributed by atoms with van der Waals surface area (Å²) in [5.74, 6) is -0.805. The molecular formula is C30H46O6. The minimum atomic E-state index is -1.23. The molecule has 1 aliphatic heterocycles. The van der Waals surface area contributed by atoms with Gasteiger partial charge in [0.2, 0.25) is 0 Å². The molecule has 11 atom stereocenters. The van der Waals surface area contributed by atoms with Gasteiger partial charge in [0.05, 0.1) is 25.4 Å². The molecule has 1 saturated heterocycles. The minimum absolute atomic E-state index is 0.0240. The fourth-order valence-corrected chi connectivity index (χ4v) is 11.4. The second kappa shape index (κ2) is 7.16. The third-order valence-corrected chi connectivity index (χ3v) is 13.5. The summed E-state index contributed by atoms with van der Waals surface area (Å²) in [6.45, 7) is 11.3. The Morgan fingerprint density at radius 3 is 2.33 bits per heavy atom. The summed E-state index contributed by atoms with van der Waals surface area (Å²) in [5, 5.41) is 44.4. The van der Waals surface area contributed by atoms with Crippen molar-refractivity contribution in [2.24, 2.45) is 50.2 Å². The van der Waals surface area contributed by atoms with E-state index in [4.69, 9.17) is 4.74 Å². The number of hydrogen-bond acceptors (Lipinski definition) is 5. The first-order valence-electron chi connectivity index (χ1n) is 14.2. The molecule has 0 unspecified atom stereocenters. The Balaban J connectivity index is 1.55. The third-order valence-electron chi connectivity index (χ3n) is 13.5. The quantitative estimate of drug-likeness (QED) is 0.422. The topological polar surface area (TPSA) is 107 Å². The average molecular weight is 503 g/mol. The van der Waals surface area contributed by atoms with Crippen LogP contribution in [0, 0.1) is 50.2 Å². The number of aliphatic hydroxyl groups excluding tert-OH is 3. The molecule has 4 N–H and O–H groups in total. The molecule has 6 aliphatic rings. The predicted octanol–water partition coefficient (Wildman–Crippen LogP) is 4.17. The highest BCUT2D eigenvalue weighted by Gasteiger charge is 2.83. The van der Waals surface area contributed by atoms with Crippen LogP contribution in [-0.2, 0) is 9.53 Å². The van der Waals surface area contributed by atoms with E-state index in [2.05, 4.69) is 39.8 Å². The molecular weight excluding hydrogens is 456 g/mol. The Labute approximate surface area is 215 Å². The standard InChI is InChI=1S/C30H46O6/c1-24(2)12-13-28-17-36-30(20(28)14-24)11-7-19-25(3)9-8-21(32)26(4,16-31)18(25)6-10-27(19,5)29(30,23(34)35)15-22(28)33/h7,11,18-22,31-33H,6,8-10,12-17H2,1-5H3,(H,34,35)/t18-,19-,20-,21+,22+,25+,26+,27-,28-,29-,30+/m1/s1. The Bertz CT molecular complexity index is 1010. The van der Waals surface area contributed by atoms with Crippen molar-refractivity contribution in [3.63, 3.8) is 0 Å². The molecule has 6 nitrogen and oxygen atoms in total. The Kier molecular flexibility index (Phi) is 5.04. The number of aliphatic carboxylic acids is 1. The molecule has 0 radical (unpaired) electrons. The predicted molar refractivity (Wildman–Crippen MR) is 135 cm³/mol. The molecule has 0 aromatic rings. The van der Waals surface area contributed by atoms with Crippen molar-refractivity contribution < 1.29 is 30.0 Å². The van der Waals surface area contributed by atoms with Crippen LogP contribution in [0.25, 0.3) is 0 Å². The van der Waals surface area contributed by atoms with Crippen molar-refractivity contribution in [3.8, 4) is 0 Å². The average Bonchev–Trinajstić information content (AvgIpc) is 3.06. The number of aliphatic hydroxyl groups is 3. The Morgan fingerprint density at radius 1 is 0.944 bits per heavy atom. The van der Waals surface area contributed by atoms with Crippen molar-refractivity contribution in [1.82, 2.24) is 0 Å². The minimum Gasteiger partial charge on any atom is -0.481 e. The molecule has 0 aromatic heterocycles. The van der Waals surface area contributed by atoms with Crippen LogP contribution in [0.5, 0.6) is 0 Å². The number of carboxylic acids is 1. The number of rotatable bonds is 2. The maximum absolute atomic E-state index is 13.7. The summed E-state index contributed by atoms with van der Waals surface area (Å²) in [5.41, 5.74) is -3.91. The van der Waals surface area contributed by atoms with Crippen molar-refractivity contribution in [2.45, 2.75) is 104 Å². The highest BCUT2D eigenvalue weighted by atomic mass is 16.5. The normalized spacial score (nSPS) is 58.8. The first kappa shape index (κ1) is 25.3. The number of carbonyl (C=O) groups is 1. The summed E-state index contributed by atoms with van der Waals surface area (Å²) in [4.78, 5) is 13.7. The van der Waals surface area contributed by atoms with E-state index >= 15 is 0 Å². The van der Waals surface area contributed by atoms with Gasteiger partial charge in [-0.3, -0.25) is 4.79 Å². The number of hydrogen-bond donors (Lipinski definition) is 4. The molecule has 5 fully saturated rings.